The number of nitrogens with zero attached hydrogens (tertiary/aromatic N) is 2. The van der Waals surface area contributed by atoms with Crippen molar-refractivity contribution in [1.82, 2.24) is 15.2 Å². The Morgan fingerprint density at radius 2 is 1.82 bits per heavy atom. The number of carbonyl (C=O) groups excluding carboxylic acids is 1. The van der Waals surface area contributed by atoms with Crippen LogP contribution in [0.4, 0.5) is 5.69 Å². The summed E-state index contributed by atoms with van der Waals surface area (Å²) in [4.78, 5) is 18.5. The largest absolute Gasteiger partial charge is 0.384 e. The standard InChI is InChI=1S/C22H33ClN4O/c1-3-27(4-2)16-12-22(28)26-14-8-6-5-7-13-24-20-11-15-25-21-17-18(23)9-10-19(20)21/h9-11,15,17H,3-8,12-14,16H2,1-2H3,(H,24,25)(H,26,28). The van der Waals surface area contributed by atoms with Crippen molar-refractivity contribution in [2.75, 3.05) is 38.0 Å². The Bertz CT molecular complexity index is 734. The molecular formula is C22H33ClN4O. The van der Waals surface area contributed by atoms with Crippen molar-refractivity contribution in [2.24, 2.45) is 0 Å². The second-order valence-corrected chi connectivity index (χ2v) is 7.42. The molecule has 5 nitrogen and oxygen atoms in total. The van der Waals surface area contributed by atoms with Crippen LogP contribution in [0, 0.1) is 0 Å². The first-order chi connectivity index (χ1) is 13.6. The minimum Gasteiger partial charge on any atom is -0.384 e. The number of anilines is 1. The van der Waals surface area contributed by atoms with E-state index in [1.165, 1.54) is 0 Å². The molecular weight excluding hydrogens is 372 g/mol. The molecule has 0 aliphatic rings. The Hall–Kier alpha value is -1.85. The van der Waals surface area contributed by atoms with Crippen LogP contribution >= 0.6 is 11.6 Å². The van der Waals surface area contributed by atoms with Crippen LogP contribution in [0.2, 0.25) is 5.02 Å². The number of carbonyl (C=O) groups is 1. The topological polar surface area (TPSA) is 57.3 Å². The number of hydrogen-bond acceptors (Lipinski definition) is 4. The van der Waals surface area contributed by atoms with E-state index in [0.29, 0.717) is 11.4 Å². The third-order valence-corrected chi connectivity index (χ3v) is 5.23. The summed E-state index contributed by atoms with van der Waals surface area (Å²) in [7, 11) is 0. The molecule has 0 bridgehead atoms. The van der Waals surface area contributed by atoms with E-state index in [1.807, 2.05) is 30.5 Å². The minimum absolute atomic E-state index is 0.165. The number of pyridine rings is 1. The Morgan fingerprint density at radius 1 is 1.07 bits per heavy atom. The molecule has 1 aromatic heterocycles. The number of halogens is 1. The molecule has 28 heavy (non-hydrogen) atoms. The van der Waals surface area contributed by atoms with Gasteiger partial charge in [0.25, 0.3) is 0 Å². The molecule has 0 spiro atoms. The van der Waals surface area contributed by atoms with Gasteiger partial charge in [-0.05, 0) is 50.2 Å². The van der Waals surface area contributed by atoms with E-state index in [2.05, 4.69) is 34.4 Å². The highest BCUT2D eigenvalue weighted by Gasteiger charge is 2.05. The number of unbranched alkanes of at least 4 members (excludes halogenated alkanes) is 3. The lowest BCUT2D eigenvalue weighted by Crippen LogP contribution is -2.31. The fourth-order valence-electron chi connectivity index (χ4n) is 3.22. The maximum absolute atomic E-state index is 11.8. The Balaban J connectivity index is 1.55. The fourth-order valence-corrected chi connectivity index (χ4v) is 3.38. The molecule has 0 fully saturated rings. The third-order valence-electron chi connectivity index (χ3n) is 5.00. The van der Waals surface area contributed by atoms with Crippen LogP contribution < -0.4 is 10.6 Å². The summed E-state index contributed by atoms with van der Waals surface area (Å²) in [5.41, 5.74) is 2.01. The van der Waals surface area contributed by atoms with Crippen molar-refractivity contribution in [3.8, 4) is 0 Å². The molecule has 0 unspecified atom stereocenters. The van der Waals surface area contributed by atoms with Gasteiger partial charge in [-0.15, -0.1) is 0 Å². The lowest BCUT2D eigenvalue weighted by molar-refractivity contribution is -0.121. The molecule has 1 amide bonds. The zero-order valence-corrected chi connectivity index (χ0v) is 17.9. The molecule has 2 rings (SSSR count). The number of nitrogens with one attached hydrogen (secondary N) is 2. The SMILES string of the molecule is CCN(CC)CCC(=O)NCCCCCCNc1ccnc2cc(Cl)ccc12. The molecule has 2 N–H and O–H groups in total. The summed E-state index contributed by atoms with van der Waals surface area (Å²) in [5, 5.41) is 8.33. The van der Waals surface area contributed by atoms with Crippen LogP contribution in [-0.2, 0) is 4.79 Å². The summed E-state index contributed by atoms with van der Waals surface area (Å²) >= 11 is 6.03. The van der Waals surface area contributed by atoms with Gasteiger partial charge >= 0.3 is 0 Å². The average Bonchev–Trinajstić information content (AvgIpc) is 2.70. The molecule has 154 valence electrons. The van der Waals surface area contributed by atoms with Gasteiger partial charge < -0.3 is 15.5 Å². The van der Waals surface area contributed by atoms with Gasteiger partial charge in [-0.3, -0.25) is 9.78 Å². The van der Waals surface area contributed by atoms with E-state index in [9.17, 15) is 4.79 Å². The van der Waals surface area contributed by atoms with Crippen molar-refractivity contribution in [2.45, 2.75) is 46.0 Å². The normalized spacial score (nSPS) is 11.1. The number of hydrogen-bond donors (Lipinski definition) is 2. The number of aromatic nitrogens is 1. The molecule has 2 aromatic rings. The summed E-state index contributed by atoms with van der Waals surface area (Å²) < 4.78 is 0. The summed E-state index contributed by atoms with van der Waals surface area (Å²) in [6.45, 7) is 8.81. The molecule has 0 saturated heterocycles. The van der Waals surface area contributed by atoms with Crippen LogP contribution in [0.5, 0.6) is 0 Å². The van der Waals surface area contributed by atoms with Crippen LogP contribution in [0.25, 0.3) is 10.9 Å². The highest BCUT2D eigenvalue weighted by Crippen LogP contribution is 2.24. The first kappa shape index (κ1) is 22.4. The van der Waals surface area contributed by atoms with Crippen LogP contribution in [0.15, 0.2) is 30.5 Å². The molecule has 1 aromatic carbocycles. The van der Waals surface area contributed by atoms with Crippen LogP contribution in [-0.4, -0.2) is 48.5 Å². The van der Waals surface area contributed by atoms with Gasteiger partial charge in [0, 0.05) is 48.3 Å². The van der Waals surface area contributed by atoms with Crippen molar-refractivity contribution in [3.63, 3.8) is 0 Å². The van der Waals surface area contributed by atoms with Gasteiger partial charge in [0.15, 0.2) is 0 Å². The summed E-state index contributed by atoms with van der Waals surface area (Å²) in [5.74, 6) is 0.165. The lowest BCUT2D eigenvalue weighted by Gasteiger charge is -2.17. The van der Waals surface area contributed by atoms with Crippen LogP contribution in [0.1, 0.15) is 46.0 Å². The second kappa shape index (κ2) is 12.6. The summed E-state index contributed by atoms with van der Waals surface area (Å²) in [6.07, 6.45) is 6.82. The van der Waals surface area contributed by atoms with E-state index in [1.54, 1.807) is 0 Å². The van der Waals surface area contributed by atoms with Gasteiger partial charge in [-0.2, -0.15) is 0 Å². The molecule has 0 atom stereocenters. The first-order valence-corrected chi connectivity index (χ1v) is 10.8. The van der Waals surface area contributed by atoms with Gasteiger partial charge in [-0.1, -0.05) is 38.3 Å². The smallest absolute Gasteiger partial charge is 0.221 e. The van der Waals surface area contributed by atoms with E-state index >= 15 is 0 Å². The molecule has 6 heteroatoms. The summed E-state index contributed by atoms with van der Waals surface area (Å²) in [6, 6.07) is 7.80. The minimum atomic E-state index is 0.165. The lowest BCUT2D eigenvalue weighted by atomic mass is 10.1. The van der Waals surface area contributed by atoms with Gasteiger partial charge in [-0.25, -0.2) is 0 Å². The van der Waals surface area contributed by atoms with Crippen molar-refractivity contribution < 1.29 is 4.79 Å². The first-order valence-electron chi connectivity index (χ1n) is 10.4. The maximum atomic E-state index is 11.8. The Morgan fingerprint density at radius 3 is 2.57 bits per heavy atom. The average molecular weight is 405 g/mol. The van der Waals surface area contributed by atoms with Crippen molar-refractivity contribution >= 4 is 34.1 Å². The fraction of sp³-hybridized carbons (Fsp3) is 0.545. The van der Waals surface area contributed by atoms with E-state index in [4.69, 9.17) is 11.6 Å². The predicted octanol–water partition coefficient (Wildman–Crippen LogP) is 4.71. The number of amides is 1. The predicted molar refractivity (Wildman–Crippen MR) is 119 cm³/mol. The second-order valence-electron chi connectivity index (χ2n) is 6.99. The number of benzene rings is 1. The highest BCUT2D eigenvalue weighted by atomic mass is 35.5. The molecule has 0 saturated carbocycles. The van der Waals surface area contributed by atoms with Gasteiger partial charge in [0.2, 0.25) is 5.91 Å². The Labute approximate surface area is 173 Å². The molecule has 0 aliphatic heterocycles. The van der Waals surface area contributed by atoms with Gasteiger partial charge in [0.05, 0.1) is 5.52 Å². The Kier molecular flexibility index (Phi) is 10.1. The van der Waals surface area contributed by atoms with Crippen LogP contribution in [0.3, 0.4) is 0 Å². The molecule has 1 heterocycles. The monoisotopic (exact) mass is 404 g/mol. The van der Waals surface area contributed by atoms with Crippen molar-refractivity contribution in [1.29, 1.82) is 0 Å². The highest BCUT2D eigenvalue weighted by molar-refractivity contribution is 6.31. The number of rotatable bonds is 13. The quantitative estimate of drug-likeness (QED) is 0.475. The zero-order chi connectivity index (χ0) is 20.2. The molecule has 0 radical (unpaired) electrons. The van der Waals surface area contributed by atoms with Crippen molar-refractivity contribution in [3.05, 3.63) is 35.5 Å². The van der Waals surface area contributed by atoms with Gasteiger partial charge in [0.1, 0.15) is 0 Å². The number of fused-ring (bicyclic) bond motifs is 1. The third kappa shape index (κ3) is 7.64. The maximum Gasteiger partial charge on any atom is 0.221 e. The molecule has 0 aliphatic carbocycles. The zero-order valence-electron chi connectivity index (χ0n) is 17.1. The van der Waals surface area contributed by atoms with E-state index < -0.39 is 0 Å². The van der Waals surface area contributed by atoms with E-state index in [-0.39, 0.29) is 5.91 Å². The van der Waals surface area contributed by atoms with E-state index in [0.717, 1.165) is 75.0 Å².